The van der Waals surface area contributed by atoms with E-state index < -0.39 is 11.7 Å². The molecule has 1 aromatic carbocycles. The van der Waals surface area contributed by atoms with Gasteiger partial charge in [0.25, 0.3) is 5.91 Å². The number of ether oxygens (including phenoxy) is 1. The van der Waals surface area contributed by atoms with Crippen molar-refractivity contribution in [3.8, 4) is 0 Å². The lowest BCUT2D eigenvalue weighted by molar-refractivity contribution is 0.0513. The summed E-state index contributed by atoms with van der Waals surface area (Å²) in [5.74, 6) is -0.658. The summed E-state index contributed by atoms with van der Waals surface area (Å²) in [6.07, 6.45) is 5.17. The largest absolute Gasteiger partial charge is 0.381 e. The molecule has 3 rings (SSSR count). The molecule has 1 fully saturated rings. The quantitative estimate of drug-likeness (QED) is 0.943. The molecular formula is C18H19FN2O2. The number of nitrogens with zero attached hydrogens (tertiary/aromatic N) is 1. The summed E-state index contributed by atoms with van der Waals surface area (Å²) in [6, 6.07) is 9.61. The summed E-state index contributed by atoms with van der Waals surface area (Å²) < 4.78 is 19.2. The SMILES string of the molecule is O=C(NC(c1cccnc1)C1CCOCC1)c1ccccc1F. The molecule has 0 radical (unpaired) electrons. The van der Waals surface area contributed by atoms with Gasteiger partial charge in [-0.2, -0.15) is 0 Å². The molecule has 2 heterocycles. The maximum Gasteiger partial charge on any atom is 0.254 e. The fourth-order valence-electron chi connectivity index (χ4n) is 2.95. The van der Waals surface area contributed by atoms with E-state index in [0.717, 1.165) is 18.4 Å². The van der Waals surface area contributed by atoms with E-state index in [4.69, 9.17) is 4.74 Å². The minimum atomic E-state index is -0.512. The first kappa shape index (κ1) is 15.6. The van der Waals surface area contributed by atoms with E-state index >= 15 is 0 Å². The van der Waals surface area contributed by atoms with E-state index in [0.29, 0.717) is 13.2 Å². The second-order valence-corrected chi connectivity index (χ2v) is 5.67. The van der Waals surface area contributed by atoms with Crippen LogP contribution in [0.5, 0.6) is 0 Å². The van der Waals surface area contributed by atoms with Gasteiger partial charge < -0.3 is 10.1 Å². The van der Waals surface area contributed by atoms with Crippen LogP contribution in [0.2, 0.25) is 0 Å². The van der Waals surface area contributed by atoms with Crippen LogP contribution in [-0.4, -0.2) is 24.1 Å². The van der Waals surface area contributed by atoms with Crippen LogP contribution in [0.1, 0.15) is 34.8 Å². The standard InChI is InChI=1S/C18H19FN2O2/c19-16-6-2-1-5-15(16)18(22)21-17(13-7-10-23-11-8-13)14-4-3-9-20-12-14/h1-6,9,12-13,17H,7-8,10-11H2,(H,21,22). The second-order valence-electron chi connectivity index (χ2n) is 5.67. The normalized spacial score (nSPS) is 16.7. The van der Waals surface area contributed by atoms with Crippen molar-refractivity contribution < 1.29 is 13.9 Å². The summed E-state index contributed by atoms with van der Waals surface area (Å²) >= 11 is 0. The van der Waals surface area contributed by atoms with Crippen LogP contribution in [0.3, 0.4) is 0 Å². The number of carbonyl (C=O) groups excluding carboxylic acids is 1. The van der Waals surface area contributed by atoms with Crippen LogP contribution in [0.25, 0.3) is 0 Å². The molecule has 1 aliphatic rings. The number of hydrogen-bond donors (Lipinski definition) is 1. The van der Waals surface area contributed by atoms with Gasteiger partial charge in [-0.05, 0) is 42.5 Å². The first-order valence-corrected chi connectivity index (χ1v) is 7.79. The van der Waals surface area contributed by atoms with E-state index in [1.807, 2.05) is 12.1 Å². The Bertz CT molecular complexity index is 657. The summed E-state index contributed by atoms with van der Waals surface area (Å²) in [5, 5.41) is 2.99. The van der Waals surface area contributed by atoms with E-state index in [9.17, 15) is 9.18 Å². The van der Waals surface area contributed by atoms with Gasteiger partial charge in [-0.3, -0.25) is 9.78 Å². The van der Waals surface area contributed by atoms with Crippen LogP contribution < -0.4 is 5.32 Å². The molecule has 0 aliphatic carbocycles. The molecule has 1 aliphatic heterocycles. The summed E-state index contributed by atoms with van der Waals surface area (Å²) in [4.78, 5) is 16.6. The van der Waals surface area contributed by atoms with Crippen LogP contribution in [0.4, 0.5) is 4.39 Å². The third kappa shape index (κ3) is 3.74. The Hall–Kier alpha value is -2.27. The van der Waals surface area contributed by atoms with Gasteiger partial charge in [0.2, 0.25) is 0 Å². The number of hydrogen-bond acceptors (Lipinski definition) is 3. The van der Waals surface area contributed by atoms with Crippen molar-refractivity contribution in [1.82, 2.24) is 10.3 Å². The molecule has 1 atom stereocenters. The van der Waals surface area contributed by atoms with Crippen LogP contribution in [0, 0.1) is 11.7 Å². The molecule has 1 unspecified atom stereocenters. The molecule has 0 saturated carbocycles. The topological polar surface area (TPSA) is 51.2 Å². The van der Waals surface area contributed by atoms with E-state index in [-0.39, 0.29) is 17.5 Å². The van der Waals surface area contributed by atoms with Crippen molar-refractivity contribution in [2.45, 2.75) is 18.9 Å². The maximum absolute atomic E-state index is 13.8. The number of rotatable bonds is 4. The van der Waals surface area contributed by atoms with Gasteiger partial charge >= 0.3 is 0 Å². The molecule has 1 aromatic heterocycles. The van der Waals surface area contributed by atoms with E-state index in [1.165, 1.54) is 12.1 Å². The highest BCUT2D eigenvalue weighted by Gasteiger charge is 2.28. The van der Waals surface area contributed by atoms with Crippen molar-refractivity contribution in [3.63, 3.8) is 0 Å². The highest BCUT2D eigenvalue weighted by atomic mass is 19.1. The zero-order valence-electron chi connectivity index (χ0n) is 12.7. The smallest absolute Gasteiger partial charge is 0.254 e. The third-order valence-electron chi connectivity index (χ3n) is 4.19. The molecule has 23 heavy (non-hydrogen) atoms. The predicted octanol–water partition coefficient (Wildman–Crippen LogP) is 3.12. The Balaban J connectivity index is 1.84. The number of halogens is 1. The number of amides is 1. The Labute approximate surface area is 134 Å². The van der Waals surface area contributed by atoms with Gasteiger partial charge in [-0.1, -0.05) is 18.2 Å². The van der Waals surface area contributed by atoms with Gasteiger partial charge in [0.05, 0.1) is 11.6 Å². The average molecular weight is 314 g/mol. The molecule has 0 spiro atoms. The van der Waals surface area contributed by atoms with Crippen molar-refractivity contribution in [1.29, 1.82) is 0 Å². The fourth-order valence-corrected chi connectivity index (χ4v) is 2.95. The predicted molar refractivity (Wildman–Crippen MR) is 84.4 cm³/mol. The molecule has 120 valence electrons. The van der Waals surface area contributed by atoms with Gasteiger partial charge in [0.15, 0.2) is 0 Å². The lowest BCUT2D eigenvalue weighted by Crippen LogP contribution is -2.36. The molecule has 5 heteroatoms. The molecule has 4 nitrogen and oxygen atoms in total. The highest BCUT2D eigenvalue weighted by Crippen LogP contribution is 2.30. The maximum atomic E-state index is 13.8. The Morgan fingerprint density at radius 2 is 2.00 bits per heavy atom. The first-order valence-electron chi connectivity index (χ1n) is 7.79. The minimum absolute atomic E-state index is 0.0634. The lowest BCUT2D eigenvalue weighted by atomic mass is 9.87. The number of carbonyl (C=O) groups is 1. The number of pyridine rings is 1. The zero-order valence-corrected chi connectivity index (χ0v) is 12.7. The molecule has 2 aromatic rings. The monoisotopic (exact) mass is 314 g/mol. The number of nitrogens with one attached hydrogen (secondary N) is 1. The molecule has 1 saturated heterocycles. The number of aromatic nitrogens is 1. The zero-order chi connectivity index (χ0) is 16.1. The van der Waals surface area contributed by atoms with Gasteiger partial charge in [0, 0.05) is 25.6 Å². The molecular weight excluding hydrogens is 295 g/mol. The highest BCUT2D eigenvalue weighted by molar-refractivity contribution is 5.94. The fraction of sp³-hybridized carbons (Fsp3) is 0.333. The molecule has 1 N–H and O–H groups in total. The van der Waals surface area contributed by atoms with E-state index in [1.54, 1.807) is 24.5 Å². The third-order valence-corrected chi connectivity index (χ3v) is 4.19. The minimum Gasteiger partial charge on any atom is -0.381 e. The van der Waals surface area contributed by atoms with Crippen LogP contribution >= 0.6 is 0 Å². The Morgan fingerprint density at radius 1 is 1.22 bits per heavy atom. The molecule has 1 amide bonds. The van der Waals surface area contributed by atoms with Crippen molar-refractivity contribution in [2.75, 3.05) is 13.2 Å². The van der Waals surface area contributed by atoms with Crippen molar-refractivity contribution in [3.05, 3.63) is 65.7 Å². The van der Waals surface area contributed by atoms with Gasteiger partial charge in [0.1, 0.15) is 5.82 Å². The molecule has 0 bridgehead atoms. The number of benzene rings is 1. The average Bonchev–Trinajstić information content (AvgIpc) is 2.61. The van der Waals surface area contributed by atoms with Crippen molar-refractivity contribution in [2.24, 2.45) is 5.92 Å². The summed E-state index contributed by atoms with van der Waals surface area (Å²) in [6.45, 7) is 1.36. The van der Waals surface area contributed by atoms with E-state index in [2.05, 4.69) is 10.3 Å². The Morgan fingerprint density at radius 3 is 2.70 bits per heavy atom. The Kier molecular flexibility index (Phi) is 4.98. The summed E-state index contributed by atoms with van der Waals surface area (Å²) in [7, 11) is 0. The van der Waals surface area contributed by atoms with Gasteiger partial charge in [-0.15, -0.1) is 0 Å². The first-order chi connectivity index (χ1) is 11.3. The second kappa shape index (κ2) is 7.33. The summed E-state index contributed by atoms with van der Waals surface area (Å²) in [5.41, 5.74) is 0.998. The lowest BCUT2D eigenvalue weighted by Gasteiger charge is -2.31. The van der Waals surface area contributed by atoms with Crippen LogP contribution in [0.15, 0.2) is 48.8 Å². The van der Waals surface area contributed by atoms with Crippen molar-refractivity contribution >= 4 is 5.91 Å². The van der Waals surface area contributed by atoms with Crippen LogP contribution in [-0.2, 0) is 4.74 Å². The van der Waals surface area contributed by atoms with Gasteiger partial charge in [-0.25, -0.2) is 4.39 Å².